The number of ether oxygens (including phenoxy) is 1. The average molecular weight is 335 g/mol. The van der Waals surface area contributed by atoms with Gasteiger partial charge in [0, 0.05) is 0 Å². The second-order valence-corrected chi connectivity index (χ2v) is 7.29. The molecule has 1 heterocycles. The first-order chi connectivity index (χ1) is 7.08. The molecule has 1 aromatic carbocycles. The van der Waals surface area contributed by atoms with Crippen LogP contribution in [0.5, 0.6) is 17.2 Å². The summed E-state index contributed by atoms with van der Waals surface area (Å²) in [6, 6.07) is 2.85. The number of benzene rings is 1. The maximum absolute atomic E-state index is 9.53. The summed E-state index contributed by atoms with van der Waals surface area (Å²) in [4.78, 5) is 0. The quantitative estimate of drug-likeness (QED) is 0.433. The molecule has 0 saturated heterocycles. The third-order valence-corrected chi connectivity index (χ3v) is 4.74. The van der Waals surface area contributed by atoms with Crippen LogP contribution in [0.3, 0.4) is 0 Å². The zero-order chi connectivity index (χ0) is 11.0. The van der Waals surface area contributed by atoms with Gasteiger partial charge in [0.2, 0.25) is 0 Å². The molecule has 1 aliphatic heterocycles. The van der Waals surface area contributed by atoms with E-state index < -0.39 is 5.03 Å². The van der Waals surface area contributed by atoms with E-state index in [0.29, 0.717) is 19.0 Å². The van der Waals surface area contributed by atoms with Gasteiger partial charge in [-0.05, 0) is 0 Å². The van der Waals surface area contributed by atoms with E-state index in [-0.39, 0.29) is 11.5 Å². The van der Waals surface area contributed by atoms with Gasteiger partial charge in [-0.1, -0.05) is 0 Å². The number of fused-ring (bicyclic) bond motifs is 1. The Bertz CT molecular complexity index is 473. The zero-order valence-corrected chi connectivity index (χ0v) is 10.8. The molecule has 0 amide bonds. The van der Waals surface area contributed by atoms with Crippen molar-refractivity contribution in [2.45, 2.75) is 6.54 Å². The number of hydrogen-bond donors (Lipinski definition) is 2. The van der Waals surface area contributed by atoms with Gasteiger partial charge in [-0.25, -0.2) is 0 Å². The standard InChI is InChI=1S/C8H8BINO3P/c9-15(10)11-3-5-1-6(12)2-7(13)8(5)14-4-11/h1-2,12-13H,3-4H2. The molecule has 1 aliphatic rings. The van der Waals surface area contributed by atoms with E-state index in [9.17, 15) is 10.2 Å². The SMILES string of the molecule is B#P(I)N1COc2c(O)cc(O)cc2C1. The van der Waals surface area contributed by atoms with Gasteiger partial charge >= 0.3 is 102 Å². The van der Waals surface area contributed by atoms with Crippen molar-refractivity contribution in [3.8, 4) is 17.2 Å². The molecule has 7 heteroatoms. The summed E-state index contributed by atoms with van der Waals surface area (Å²) < 4.78 is 7.32. The fourth-order valence-corrected chi connectivity index (χ4v) is 2.73. The topological polar surface area (TPSA) is 52.9 Å². The molecule has 0 aromatic heterocycles. The number of rotatable bonds is 0. The molecular weight excluding hydrogens is 327 g/mol. The molecule has 1 atom stereocenters. The zero-order valence-electron chi connectivity index (χ0n) is 7.72. The summed E-state index contributed by atoms with van der Waals surface area (Å²) in [6.45, 7) is 0.957. The van der Waals surface area contributed by atoms with Crippen LogP contribution in [0.25, 0.3) is 0 Å². The molecule has 0 aliphatic carbocycles. The van der Waals surface area contributed by atoms with E-state index in [4.69, 9.17) is 11.7 Å². The van der Waals surface area contributed by atoms with Crippen molar-refractivity contribution in [1.29, 1.82) is 0 Å². The predicted molar refractivity (Wildman–Crippen MR) is 67.5 cm³/mol. The Morgan fingerprint density at radius 3 is 2.87 bits per heavy atom. The first-order valence-electron chi connectivity index (χ1n) is 4.21. The summed E-state index contributed by atoms with van der Waals surface area (Å²) in [6.07, 6.45) is 0. The Labute approximate surface area is 102 Å². The second kappa shape index (κ2) is 4.27. The van der Waals surface area contributed by atoms with Crippen molar-refractivity contribution >= 4 is 34.1 Å². The molecular formula is C8H8BINO3P. The van der Waals surface area contributed by atoms with Crippen LogP contribution >= 0.6 is 27.1 Å². The number of halogens is 1. The van der Waals surface area contributed by atoms with Gasteiger partial charge in [0.15, 0.2) is 0 Å². The average Bonchev–Trinajstić information content (AvgIpc) is 2.16. The van der Waals surface area contributed by atoms with Crippen LogP contribution in [0.4, 0.5) is 0 Å². The summed E-state index contributed by atoms with van der Waals surface area (Å²) in [7, 11) is 5.77. The molecule has 1 unspecified atom stereocenters. The summed E-state index contributed by atoms with van der Waals surface area (Å²) in [5.41, 5.74) is 0.758. The molecule has 0 bridgehead atoms. The number of phenolic OH excluding ortho intramolecular Hbond substituents is 2. The van der Waals surface area contributed by atoms with E-state index in [1.807, 2.05) is 4.67 Å². The van der Waals surface area contributed by atoms with Gasteiger partial charge < -0.3 is 0 Å². The summed E-state index contributed by atoms with van der Waals surface area (Å²) >= 11 is 2.14. The van der Waals surface area contributed by atoms with Crippen LogP contribution in [0.15, 0.2) is 12.1 Å². The Balaban J connectivity index is 2.38. The van der Waals surface area contributed by atoms with Crippen molar-refractivity contribution in [2.75, 3.05) is 6.73 Å². The Kier molecular flexibility index (Phi) is 3.18. The Morgan fingerprint density at radius 1 is 1.47 bits per heavy atom. The molecule has 78 valence electrons. The molecule has 15 heavy (non-hydrogen) atoms. The first-order valence-corrected chi connectivity index (χ1v) is 8.36. The molecule has 4 nitrogen and oxygen atoms in total. The fraction of sp³-hybridized carbons (Fsp3) is 0.250. The van der Waals surface area contributed by atoms with Gasteiger partial charge in [0.1, 0.15) is 0 Å². The van der Waals surface area contributed by atoms with Crippen molar-refractivity contribution in [2.24, 2.45) is 0 Å². The van der Waals surface area contributed by atoms with Crippen LogP contribution in [-0.4, -0.2) is 28.6 Å². The van der Waals surface area contributed by atoms with Crippen LogP contribution in [0.2, 0.25) is 0 Å². The van der Waals surface area contributed by atoms with Crippen LogP contribution < -0.4 is 4.74 Å². The molecule has 0 spiro atoms. The van der Waals surface area contributed by atoms with E-state index in [1.54, 1.807) is 6.07 Å². The number of hydrogen-bond acceptors (Lipinski definition) is 4. The predicted octanol–water partition coefficient (Wildman–Crippen LogP) is 2.08. The van der Waals surface area contributed by atoms with E-state index in [0.717, 1.165) is 5.56 Å². The third kappa shape index (κ3) is 2.27. The first kappa shape index (κ1) is 11.2. The van der Waals surface area contributed by atoms with Gasteiger partial charge in [0.05, 0.1) is 0 Å². The van der Waals surface area contributed by atoms with Crippen LogP contribution in [0.1, 0.15) is 5.56 Å². The van der Waals surface area contributed by atoms with Gasteiger partial charge in [-0.3, -0.25) is 0 Å². The van der Waals surface area contributed by atoms with Crippen LogP contribution in [0, 0.1) is 0 Å². The van der Waals surface area contributed by atoms with Gasteiger partial charge in [0.25, 0.3) is 0 Å². The maximum atomic E-state index is 9.53. The van der Waals surface area contributed by atoms with E-state index in [2.05, 4.69) is 22.0 Å². The normalized spacial score (nSPS) is 16.9. The summed E-state index contributed by atoms with van der Waals surface area (Å²) in [5.74, 6) is 0.447. The molecule has 0 radical (unpaired) electrons. The Morgan fingerprint density at radius 2 is 2.20 bits per heavy atom. The summed E-state index contributed by atoms with van der Waals surface area (Å²) in [5, 5.41) is 18.1. The number of aromatic hydroxyl groups is 2. The fourth-order valence-electron chi connectivity index (χ4n) is 1.44. The molecule has 1 aromatic rings. The molecule has 2 rings (SSSR count). The van der Waals surface area contributed by atoms with Gasteiger partial charge in [-0.2, -0.15) is 0 Å². The van der Waals surface area contributed by atoms with Crippen molar-refractivity contribution in [3.05, 3.63) is 17.7 Å². The van der Waals surface area contributed by atoms with Crippen LogP contribution in [-0.2, 0) is 6.54 Å². The minimum absolute atomic E-state index is 0.0283. The molecule has 0 saturated carbocycles. The Hall–Kier alpha value is -0.325. The van der Waals surface area contributed by atoms with E-state index >= 15 is 0 Å². The second-order valence-electron chi connectivity index (χ2n) is 3.18. The molecule has 0 fully saturated rings. The monoisotopic (exact) mass is 335 g/mol. The third-order valence-electron chi connectivity index (χ3n) is 2.11. The van der Waals surface area contributed by atoms with E-state index in [1.165, 1.54) is 6.07 Å². The van der Waals surface area contributed by atoms with Gasteiger partial charge in [-0.15, -0.1) is 0 Å². The number of phenols is 2. The van der Waals surface area contributed by atoms with Crippen molar-refractivity contribution in [1.82, 2.24) is 4.67 Å². The number of nitrogens with zero attached hydrogens (tertiary/aromatic N) is 1. The van der Waals surface area contributed by atoms with Crippen molar-refractivity contribution < 1.29 is 14.9 Å². The molecule has 2 N–H and O–H groups in total. The minimum atomic E-state index is -0.747. The van der Waals surface area contributed by atoms with Crippen molar-refractivity contribution in [3.63, 3.8) is 0 Å².